The summed E-state index contributed by atoms with van der Waals surface area (Å²) in [4.78, 5) is 36.2. The van der Waals surface area contributed by atoms with Crippen LogP contribution in [0.5, 0.6) is 0 Å². The van der Waals surface area contributed by atoms with Crippen molar-refractivity contribution in [1.29, 1.82) is 0 Å². The minimum Gasteiger partial charge on any atom is -0.368 e. The lowest BCUT2D eigenvalue weighted by Crippen LogP contribution is -2.50. The molecule has 0 bridgehead atoms. The fourth-order valence-electron chi connectivity index (χ4n) is 4.64. The number of nitrogens with one attached hydrogen (secondary N) is 1. The lowest BCUT2D eigenvalue weighted by molar-refractivity contribution is -0.133. The number of benzene rings is 2. The highest BCUT2D eigenvalue weighted by molar-refractivity contribution is 7.16. The van der Waals surface area contributed by atoms with E-state index in [2.05, 4.69) is 10.2 Å². The molecule has 1 aromatic heterocycles. The van der Waals surface area contributed by atoms with Crippen LogP contribution in [0, 0.1) is 6.92 Å². The molecule has 2 heterocycles. The summed E-state index contributed by atoms with van der Waals surface area (Å²) in [5, 5.41) is 4.23. The van der Waals surface area contributed by atoms with Crippen molar-refractivity contribution in [3.05, 3.63) is 75.3 Å². The zero-order valence-electron chi connectivity index (χ0n) is 19.1. The number of aryl methyl sites for hydroxylation is 2. The number of carbonyl (C=O) groups excluding carboxylic acids is 2. The van der Waals surface area contributed by atoms with E-state index in [1.165, 1.54) is 11.3 Å². The van der Waals surface area contributed by atoms with Gasteiger partial charge in [0.25, 0.3) is 5.91 Å². The zero-order valence-corrected chi connectivity index (χ0v) is 20.7. The topological polar surface area (TPSA) is 65.5 Å². The van der Waals surface area contributed by atoms with Gasteiger partial charge in [0.1, 0.15) is 0 Å². The number of carbonyl (C=O) groups is 2. The molecular formula is C26H27ClN4O2S. The van der Waals surface area contributed by atoms with Crippen LogP contribution in [-0.2, 0) is 11.2 Å². The van der Waals surface area contributed by atoms with Crippen LogP contribution in [0.1, 0.15) is 45.3 Å². The van der Waals surface area contributed by atoms with E-state index in [9.17, 15) is 9.59 Å². The molecule has 6 nitrogen and oxygen atoms in total. The Hall–Kier alpha value is -2.90. The molecule has 2 aliphatic rings. The van der Waals surface area contributed by atoms with Crippen molar-refractivity contribution in [2.24, 2.45) is 0 Å². The second-order valence-corrected chi connectivity index (χ2v) is 10.4. The second-order valence-electron chi connectivity index (χ2n) is 8.88. The summed E-state index contributed by atoms with van der Waals surface area (Å²) in [5.74, 6) is -0.252. The Labute approximate surface area is 208 Å². The summed E-state index contributed by atoms with van der Waals surface area (Å²) in [7, 11) is 0. The fraction of sp³-hybridized carbons (Fsp3) is 0.346. The first kappa shape index (κ1) is 22.9. The molecule has 1 atom stereocenters. The van der Waals surface area contributed by atoms with Gasteiger partial charge in [0, 0.05) is 47.3 Å². The third-order valence-corrected chi connectivity index (χ3v) is 7.87. The summed E-state index contributed by atoms with van der Waals surface area (Å²) in [6.07, 6.45) is 2.67. The Balaban J connectivity index is 1.25. The molecule has 1 aliphatic carbocycles. The maximum Gasteiger partial charge on any atom is 0.257 e. The molecular weight excluding hydrogens is 468 g/mol. The Morgan fingerprint density at radius 1 is 1.03 bits per heavy atom. The molecule has 34 heavy (non-hydrogen) atoms. The van der Waals surface area contributed by atoms with Crippen molar-refractivity contribution < 1.29 is 9.59 Å². The number of thiazole rings is 1. The van der Waals surface area contributed by atoms with Crippen LogP contribution < -0.4 is 10.2 Å². The smallest absolute Gasteiger partial charge is 0.257 e. The number of fused-ring (bicyclic) bond motifs is 1. The monoisotopic (exact) mass is 494 g/mol. The molecule has 1 saturated heterocycles. The highest BCUT2D eigenvalue weighted by Gasteiger charge is 2.34. The standard InChI is InChI=1S/C26H27ClN4O2S/c1-17-5-7-18(8-6-17)24(32)29-26-28-23-21(3-2-4-22(23)34-26)25(33)31-15-13-30(14-16-31)20-11-9-19(27)10-12-20/h5-12,21H,2-4,13-16H2,1H3,(H,28,29,32). The molecule has 0 saturated carbocycles. The first-order valence-electron chi connectivity index (χ1n) is 11.6. The molecule has 2 aromatic carbocycles. The van der Waals surface area contributed by atoms with Crippen LogP contribution in [0.15, 0.2) is 48.5 Å². The van der Waals surface area contributed by atoms with E-state index in [0.717, 1.165) is 59.2 Å². The van der Waals surface area contributed by atoms with E-state index in [1.807, 2.05) is 60.4 Å². The Bertz CT molecular complexity index is 1180. The number of piperazine rings is 1. The SMILES string of the molecule is Cc1ccc(C(=O)Nc2nc3c(s2)CCCC3C(=O)N2CCN(c3ccc(Cl)cc3)CC2)cc1. The minimum atomic E-state index is -0.230. The molecule has 3 aromatic rings. The van der Waals surface area contributed by atoms with E-state index in [1.54, 1.807) is 0 Å². The summed E-state index contributed by atoms with van der Waals surface area (Å²) in [6.45, 7) is 4.96. The largest absolute Gasteiger partial charge is 0.368 e. The van der Waals surface area contributed by atoms with Gasteiger partial charge >= 0.3 is 0 Å². The second kappa shape index (κ2) is 9.76. The third kappa shape index (κ3) is 4.81. The van der Waals surface area contributed by atoms with Gasteiger partial charge < -0.3 is 9.80 Å². The maximum atomic E-state index is 13.5. The van der Waals surface area contributed by atoms with Crippen LogP contribution in [0.3, 0.4) is 0 Å². The number of nitrogens with zero attached hydrogens (tertiary/aromatic N) is 3. The van der Waals surface area contributed by atoms with Crippen LogP contribution in [0.2, 0.25) is 5.02 Å². The van der Waals surface area contributed by atoms with E-state index < -0.39 is 0 Å². The molecule has 1 N–H and O–H groups in total. The zero-order chi connectivity index (χ0) is 23.7. The van der Waals surface area contributed by atoms with Crippen molar-refractivity contribution in [2.45, 2.75) is 32.1 Å². The number of halogens is 1. The summed E-state index contributed by atoms with van der Waals surface area (Å²) in [6, 6.07) is 15.3. The highest BCUT2D eigenvalue weighted by Crippen LogP contribution is 2.38. The van der Waals surface area contributed by atoms with E-state index in [-0.39, 0.29) is 17.7 Å². The molecule has 8 heteroatoms. The first-order chi connectivity index (χ1) is 16.5. The van der Waals surface area contributed by atoms with Gasteiger partial charge in [-0.3, -0.25) is 14.9 Å². The van der Waals surface area contributed by atoms with Crippen molar-refractivity contribution in [2.75, 3.05) is 36.4 Å². The van der Waals surface area contributed by atoms with Gasteiger partial charge in [-0.15, -0.1) is 11.3 Å². The van der Waals surface area contributed by atoms with Crippen molar-refractivity contribution in [3.8, 4) is 0 Å². The third-order valence-electron chi connectivity index (χ3n) is 6.57. The predicted molar refractivity (Wildman–Crippen MR) is 137 cm³/mol. The lowest BCUT2D eigenvalue weighted by atomic mass is 9.89. The van der Waals surface area contributed by atoms with Gasteiger partial charge in [-0.2, -0.15) is 0 Å². The van der Waals surface area contributed by atoms with Gasteiger partial charge in [0.15, 0.2) is 5.13 Å². The van der Waals surface area contributed by atoms with Crippen LogP contribution in [0.25, 0.3) is 0 Å². The molecule has 1 fully saturated rings. The fourth-order valence-corrected chi connectivity index (χ4v) is 5.83. The number of anilines is 2. The molecule has 0 spiro atoms. The maximum absolute atomic E-state index is 13.5. The molecule has 176 valence electrons. The molecule has 5 rings (SSSR count). The summed E-state index contributed by atoms with van der Waals surface area (Å²) < 4.78 is 0. The van der Waals surface area contributed by atoms with Gasteiger partial charge in [-0.05, 0) is 62.6 Å². The number of hydrogen-bond donors (Lipinski definition) is 1. The van der Waals surface area contributed by atoms with Crippen LogP contribution in [0.4, 0.5) is 10.8 Å². The number of amides is 2. The van der Waals surface area contributed by atoms with Crippen LogP contribution in [-0.4, -0.2) is 47.9 Å². The van der Waals surface area contributed by atoms with Gasteiger partial charge in [0.2, 0.25) is 5.91 Å². The molecule has 1 unspecified atom stereocenters. The van der Waals surface area contributed by atoms with Gasteiger partial charge in [-0.25, -0.2) is 4.98 Å². The van der Waals surface area contributed by atoms with E-state index >= 15 is 0 Å². The van der Waals surface area contributed by atoms with Crippen molar-refractivity contribution in [1.82, 2.24) is 9.88 Å². The molecule has 2 amide bonds. The molecule has 1 aliphatic heterocycles. The van der Waals surface area contributed by atoms with E-state index in [4.69, 9.17) is 16.6 Å². The first-order valence-corrected chi connectivity index (χ1v) is 12.8. The van der Waals surface area contributed by atoms with Gasteiger partial charge in [0.05, 0.1) is 11.6 Å². The highest BCUT2D eigenvalue weighted by atomic mass is 35.5. The van der Waals surface area contributed by atoms with Crippen molar-refractivity contribution in [3.63, 3.8) is 0 Å². The quantitative estimate of drug-likeness (QED) is 0.546. The summed E-state index contributed by atoms with van der Waals surface area (Å²) in [5.41, 5.74) is 3.69. The average molecular weight is 495 g/mol. The number of aromatic nitrogens is 1. The number of rotatable bonds is 4. The van der Waals surface area contributed by atoms with E-state index in [0.29, 0.717) is 23.8 Å². The van der Waals surface area contributed by atoms with Gasteiger partial charge in [-0.1, -0.05) is 29.3 Å². The Morgan fingerprint density at radius 3 is 2.44 bits per heavy atom. The minimum absolute atomic E-state index is 0.151. The lowest BCUT2D eigenvalue weighted by Gasteiger charge is -2.38. The molecule has 0 radical (unpaired) electrons. The van der Waals surface area contributed by atoms with Crippen LogP contribution >= 0.6 is 22.9 Å². The Kier molecular flexibility index (Phi) is 6.57. The van der Waals surface area contributed by atoms with Crippen molar-refractivity contribution >= 4 is 45.6 Å². The summed E-state index contributed by atoms with van der Waals surface area (Å²) >= 11 is 7.50. The average Bonchev–Trinajstić information content (AvgIpc) is 3.27. The Morgan fingerprint density at radius 2 is 1.74 bits per heavy atom. The predicted octanol–water partition coefficient (Wildman–Crippen LogP) is 5.13. The number of hydrogen-bond acceptors (Lipinski definition) is 5. The normalized spacial score (nSPS) is 17.9.